The molecule has 0 aliphatic rings. The summed E-state index contributed by atoms with van der Waals surface area (Å²) in [6.07, 6.45) is 1.85. The Morgan fingerprint density at radius 1 is 0.957 bits per heavy atom. The van der Waals surface area contributed by atoms with E-state index in [2.05, 4.69) is 0 Å². The molecule has 5 nitrogen and oxygen atoms in total. The fourth-order valence-electron chi connectivity index (χ4n) is 2.51. The lowest BCUT2D eigenvalue weighted by Gasteiger charge is -2.12. The minimum atomic E-state index is -3.82. The second-order valence-electron chi connectivity index (χ2n) is 5.13. The highest BCUT2D eigenvalue weighted by molar-refractivity contribution is 7.89. The van der Waals surface area contributed by atoms with Gasteiger partial charge in [-0.15, -0.1) is 0 Å². The zero-order chi connectivity index (χ0) is 16.4. The van der Waals surface area contributed by atoms with E-state index in [0.29, 0.717) is 5.56 Å². The van der Waals surface area contributed by atoms with Crippen molar-refractivity contribution in [1.82, 2.24) is 4.57 Å². The molecule has 23 heavy (non-hydrogen) atoms. The largest absolute Gasteiger partial charge is 0.392 e. The molecule has 0 fully saturated rings. The summed E-state index contributed by atoms with van der Waals surface area (Å²) in [6.45, 7) is -0.0208. The molecule has 3 aromatic rings. The molecule has 1 heterocycles. The first-order chi connectivity index (χ1) is 11.0. The fourth-order valence-corrected chi connectivity index (χ4v) is 3.26. The lowest BCUT2D eigenvalue weighted by atomic mass is 10.1. The van der Waals surface area contributed by atoms with Crippen molar-refractivity contribution in [3.05, 3.63) is 72.4 Å². The van der Waals surface area contributed by atoms with Crippen LogP contribution >= 0.6 is 0 Å². The molecule has 0 unspecified atom stereocenters. The van der Waals surface area contributed by atoms with Crippen LogP contribution in [0.25, 0.3) is 16.9 Å². The van der Waals surface area contributed by atoms with E-state index >= 15 is 0 Å². The van der Waals surface area contributed by atoms with Gasteiger partial charge in [0.05, 0.1) is 17.2 Å². The Balaban J connectivity index is 2.15. The van der Waals surface area contributed by atoms with Crippen LogP contribution < -0.4 is 5.14 Å². The van der Waals surface area contributed by atoms with Crippen LogP contribution in [0.15, 0.2) is 71.8 Å². The van der Waals surface area contributed by atoms with Crippen molar-refractivity contribution in [2.24, 2.45) is 5.14 Å². The van der Waals surface area contributed by atoms with Gasteiger partial charge in [0.2, 0.25) is 10.0 Å². The summed E-state index contributed by atoms with van der Waals surface area (Å²) < 4.78 is 25.5. The molecule has 2 aromatic carbocycles. The first kappa shape index (κ1) is 15.5. The van der Waals surface area contributed by atoms with Gasteiger partial charge in [0, 0.05) is 17.4 Å². The molecular weight excluding hydrogens is 312 g/mol. The lowest BCUT2D eigenvalue weighted by molar-refractivity contribution is 0.282. The van der Waals surface area contributed by atoms with Crippen LogP contribution in [0.5, 0.6) is 0 Å². The van der Waals surface area contributed by atoms with E-state index < -0.39 is 10.0 Å². The summed E-state index contributed by atoms with van der Waals surface area (Å²) in [6, 6.07) is 17.7. The number of sulfonamides is 1. The van der Waals surface area contributed by atoms with Gasteiger partial charge in [-0.3, -0.25) is 0 Å². The summed E-state index contributed by atoms with van der Waals surface area (Å²) >= 11 is 0. The Bertz CT molecular complexity index is 928. The van der Waals surface area contributed by atoms with Gasteiger partial charge in [-0.05, 0) is 35.9 Å². The van der Waals surface area contributed by atoms with Gasteiger partial charge in [-0.2, -0.15) is 0 Å². The van der Waals surface area contributed by atoms with Gasteiger partial charge in [0.15, 0.2) is 0 Å². The average molecular weight is 328 g/mol. The highest BCUT2D eigenvalue weighted by Gasteiger charge is 2.17. The van der Waals surface area contributed by atoms with Crippen LogP contribution in [-0.4, -0.2) is 18.1 Å². The van der Waals surface area contributed by atoms with Gasteiger partial charge in [-0.1, -0.05) is 30.3 Å². The van der Waals surface area contributed by atoms with Crippen molar-refractivity contribution in [3.63, 3.8) is 0 Å². The SMILES string of the molecule is NS(=O)(=O)c1ccccc1-c1cccn1-c1ccc(CO)cc1. The Labute approximate surface area is 134 Å². The Morgan fingerprint density at radius 3 is 2.30 bits per heavy atom. The van der Waals surface area contributed by atoms with Gasteiger partial charge in [0.25, 0.3) is 0 Å². The number of aliphatic hydroxyl groups excluding tert-OH is 1. The molecule has 3 rings (SSSR count). The predicted molar refractivity (Wildman–Crippen MR) is 88.5 cm³/mol. The highest BCUT2D eigenvalue weighted by Crippen LogP contribution is 2.29. The molecule has 1 aromatic heterocycles. The van der Waals surface area contributed by atoms with Crippen LogP contribution in [0.1, 0.15) is 5.56 Å². The Morgan fingerprint density at radius 2 is 1.65 bits per heavy atom. The number of nitrogens with two attached hydrogens (primary N) is 1. The first-order valence-electron chi connectivity index (χ1n) is 7.00. The molecule has 0 aliphatic heterocycles. The molecule has 6 heteroatoms. The van der Waals surface area contributed by atoms with Crippen LogP contribution in [-0.2, 0) is 16.6 Å². The number of aliphatic hydroxyl groups is 1. The van der Waals surface area contributed by atoms with E-state index in [1.54, 1.807) is 18.2 Å². The standard InChI is InChI=1S/C17H16N2O3S/c18-23(21,22)17-6-2-1-4-15(17)16-5-3-11-19(16)14-9-7-13(12-20)8-10-14/h1-11,20H,12H2,(H2,18,21,22). The van der Waals surface area contributed by atoms with Gasteiger partial charge >= 0.3 is 0 Å². The summed E-state index contributed by atoms with van der Waals surface area (Å²) in [7, 11) is -3.82. The number of nitrogens with zero attached hydrogens (tertiary/aromatic N) is 1. The number of primary sulfonamides is 1. The zero-order valence-corrected chi connectivity index (χ0v) is 13.1. The summed E-state index contributed by atoms with van der Waals surface area (Å²) in [5.41, 5.74) is 2.96. The van der Waals surface area contributed by atoms with Crippen molar-refractivity contribution < 1.29 is 13.5 Å². The van der Waals surface area contributed by atoms with Crippen molar-refractivity contribution in [2.75, 3.05) is 0 Å². The number of hydrogen-bond acceptors (Lipinski definition) is 3. The van der Waals surface area contributed by atoms with Gasteiger partial charge in [-0.25, -0.2) is 13.6 Å². The van der Waals surface area contributed by atoms with E-state index in [9.17, 15) is 8.42 Å². The van der Waals surface area contributed by atoms with E-state index in [1.165, 1.54) is 6.07 Å². The topological polar surface area (TPSA) is 85.3 Å². The maximum atomic E-state index is 11.8. The highest BCUT2D eigenvalue weighted by atomic mass is 32.2. The first-order valence-corrected chi connectivity index (χ1v) is 8.55. The molecule has 0 saturated heterocycles. The van der Waals surface area contributed by atoms with E-state index in [0.717, 1.165) is 16.9 Å². The van der Waals surface area contributed by atoms with Crippen LogP contribution in [0.4, 0.5) is 0 Å². The minimum absolute atomic E-state index is 0.0208. The molecule has 0 amide bonds. The Kier molecular flexibility index (Phi) is 4.04. The normalized spacial score (nSPS) is 11.6. The van der Waals surface area contributed by atoms with E-state index in [4.69, 9.17) is 10.2 Å². The van der Waals surface area contributed by atoms with Gasteiger partial charge in [0.1, 0.15) is 0 Å². The second kappa shape index (κ2) is 6.00. The third kappa shape index (κ3) is 3.05. The number of aromatic nitrogens is 1. The van der Waals surface area contributed by atoms with Crippen molar-refractivity contribution in [2.45, 2.75) is 11.5 Å². The molecule has 0 spiro atoms. The molecule has 3 N–H and O–H groups in total. The summed E-state index contributed by atoms with van der Waals surface area (Å²) in [5, 5.41) is 14.5. The molecular formula is C17H16N2O3S. The quantitative estimate of drug-likeness (QED) is 0.770. The zero-order valence-electron chi connectivity index (χ0n) is 12.3. The van der Waals surface area contributed by atoms with E-state index in [1.807, 2.05) is 47.2 Å². The van der Waals surface area contributed by atoms with E-state index in [-0.39, 0.29) is 11.5 Å². The molecule has 118 valence electrons. The fraction of sp³-hybridized carbons (Fsp3) is 0.0588. The molecule has 0 aliphatic carbocycles. The van der Waals surface area contributed by atoms with Crippen molar-refractivity contribution in [3.8, 4) is 16.9 Å². The molecule has 0 radical (unpaired) electrons. The van der Waals surface area contributed by atoms with Crippen LogP contribution in [0.2, 0.25) is 0 Å². The Hall–Kier alpha value is -2.41. The predicted octanol–water partition coefficient (Wildman–Crippen LogP) is 2.28. The second-order valence-corrected chi connectivity index (χ2v) is 6.66. The molecule has 0 saturated carbocycles. The van der Waals surface area contributed by atoms with Gasteiger partial charge < -0.3 is 9.67 Å². The minimum Gasteiger partial charge on any atom is -0.392 e. The molecule has 0 bridgehead atoms. The number of hydrogen-bond donors (Lipinski definition) is 2. The summed E-state index contributed by atoms with van der Waals surface area (Å²) in [5.74, 6) is 0. The van der Waals surface area contributed by atoms with Crippen LogP contribution in [0, 0.1) is 0 Å². The number of benzene rings is 2. The van der Waals surface area contributed by atoms with Crippen molar-refractivity contribution >= 4 is 10.0 Å². The smallest absolute Gasteiger partial charge is 0.238 e. The monoisotopic (exact) mass is 328 g/mol. The lowest BCUT2D eigenvalue weighted by Crippen LogP contribution is -2.13. The maximum absolute atomic E-state index is 11.8. The van der Waals surface area contributed by atoms with Crippen LogP contribution in [0.3, 0.4) is 0 Å². The average Bonchev–Trinajstić information content (AvgIpc) is 3.03. The number of rotatable bonds is 4. The third-order valence-electron chi connectivity index (χ3n) is 3.62. The van der Waals surface area contributed by atoms with Crippen molar-refractivity contribution in [1.29, 1.82) is 0 Å². The maximum Gasteiger partial charge on any atom is 0.238 e. The molecule has 0 atom stereocenters. The third-order valence-corrected chi connectivity index (χ3v) is 4.58. The summed E-state index contributed by atoms with van der Waals surface area (Å²) in [4.78, 5) is 0.0897.